The molecule has 1 aliphatic rings. The van der Waals surface area contributed by atoms with E-state index in [9.17, 15) is 4.79 Å². The monoisotopic (exact) mass is 374 g/mol. The summed E-state index contributed by atoms with van der Waals surface area (Å²) in [5, 5.41) is 5.14. The van der Waals surface area contributed by atoms with E-state index < -0.39 is 0 Å². The number of amides is 1. The second-order valence-electron chi connectivity index (χ2n) is 7.61. The summed E-state index contributed by atoms with van der Waals surface area (Å²) in [4.78, 5) is 18.1. The van der Waals surface area contributed by atoms with Crippen LogP contribution in [0.15, 0.2) is 54.9 Å². The van der Waals surface area contributed by atoms with Gasteiger partial charge in [0, 0.05) is 48.5 Å². The summed E-state index contributed by atoms with van der Waals surface area (Å²) in [6.07, 6.45) is 5.97. The molecule has 0 bridgehead atoms. The number of benzene rings is 2. The van der Waals surface area contributed by atoms with Crippen LogP contribution >= 0.6 is 0 Å². The third-order valence-electron chi connectivity index (χ3n) is 5.38. The molecule has 4 rings (SSSR count). The first-order chi connectivity index (χ1) is 13.6. The molecule has 5 nitrogen and oxygen atoms in total. The molecular formula is C23H26N4O. The molecule has 144 valence electrons. The summed E-state index contributed by atoms with van der Waals surface area (Å²) in [6.45, 7) is 4.59. The quantitative estimate of drug-likeness (QED) is 0.729. The summed E-state index contributed by atoms with van der Waals surface area (Å²) < 4.78 is 0. The van der Waals surface area contributed by atoms with Crippen molar-refractivity contribution < 1.29 is 4.79 Å². The Labute approximate surface area is 165 Å². The lowest BCUT2D eigenvalue weighted by Gasteiger charge is -2.30. The molecule has 0 spiro atoms. The zero-order chi connectivity index (χ0) is 19.5. The lowest BCUT2D eigenvalue weighted by molar-refractivity contribution is -0.114. The summed E-state index contributed by atoms with van der Waals surface area (Å²) >= 11 is 0. The van der Waals surface area contributed by atoms with Gasteiger partial charge in [-0.15, -0.1) is 0 Å². The number of rotatable bonds is 4. The van der Waals surface area contributed by atoms with Crippen LogP contribution in [0.5, 0.6) is 0 Å². The fourth-order valence-electron chi connectivity index (χ4n) is 3.84. The number of piperidine rings is 1. The molecule has 1 aliphatic heterocycles. The van der Waals surface area contributed by atoms with E-state index in [0.29, 0.717) is 6.04 Å². The minimum atomic E-state index is -0.0668. The van der Waals surface area contributed by atoms with Gasteiger partial charge in [0.05, 0.1) is 0 Å². The molecular weight excluding hydrogens is 348 g/mol. The van der Waals surface area contributed by atoms with Gasteiger partial charge in [-0.25, -0.2) is 0 Å². The van der Waals surface area contributed by atoms with Gasteiger partial charge in [-0.3, -0.25) is 14.7 Å². The van der Waals surface area contributed by atoms with Crippen LogP contribution in [0, 0.1) is 0 Å². The molecule has 0 atom stereocenters. The number of anilines is 1. The molecule has 3 aromatic rings. The van der Waals surface area contributed by atoms with E-state index >= 15 is 0 Å². The van der Waals surface area contributed by atoms with Crippen molar-refractivity contribution in [3.63, 3.8) is 0 Å². The summed E-state index contributed by atoms with van der Waals surface area (Å²) in [7, 11) is 0. The second-order valence-corrected chi connectivity index (χ2v) is 7.61. The fraction of sp³-hybridized carbons (Fsp3) is 0.304. The van der Waals surface area contributed by atoms with E-state index in [1.54, 1.807) is 0 Å². The van der Waals surface area contributed by atoms with Crippen molar-refractivity contribution in [3.8, 4) is 11.1 Å². The first-order valence-electron chi connectivity index (χ1n) is 9.81. The van der Waals surface area contributed by atoms with Crippen LogP contribution in [0.2, 0.25) is 0 Å². The largest absolute Gasteiger partial charge is 0.328 e. The van der Waals surface area contributed by atoms with Crippen LogP contribution < -0.4 is 11.1 Å². The predicted octanol–water partition coefficient (Wildman–Crippen LogP) is 3.78. The van der Waals surface area contributed by atoms with E-state index in [2.05, 4.69) is 33.4 Å². The van der Waals surface area contributed by atoms with Gasteiger partial charge in [-0.05, 0) is 60.6 Å². The Balaban J connectivity index is 1.62. The number of pyridine rings is 1. The Morgan fingerprint density at radius 1 is 1.14 bits per heavy atom. The standard InChI is InChI=1S/C23H26N4O/c1-16(28)26-21-6-4-18(5-7-21)23-14-25-13-19-3-2-17(12-22(19)23)15-27-10-8-20(24)9-11-27/h2-7,12-14,20H,8-11,15,24H2,1H3,(H,26,28). The molecule has 1 fully saturated rings. The van der Waals surface area contributed by atoms with Gasteiger partial charge < -0.3 is 11.1 Å². The van der Waals surface area contributed by atoms with Gasteiger partial charge in [0.1, 0.15) is 0 Å². The van der Waals surface area contributed by atoms with Crippen molar-refractivity contribution in [2.24, 2.45) is 5.73 Å². The number of aromatic nitrogens is 1. The lowest BCUT2D eigenvalue weighted by Crippen LogP contribution is -2.39. The maximum Gasteiger partial charge on any atom is 0.221 e. The first kappa shape index (κ1) is 18.6. The smallest absolute Gasteiger partial charge is 0.221 e. The van der Waals surface area contributed by atoms with Gasteiger partial charge in [-0.2, -0.15) is 0 Å². The Bertz CT molecular complexity index is 976. The molecule has 1 aromatic heterocycles. The van der Waals surface area contributed by atoms with E-state index in [1.807, 2.05) is 36.7 Å². The summed E-state index contributed by atoms with van der Waals surface area (Å²) in [6, 6.07) is 14.9. The lowest BCUT2D eigenvalue weighted by atomic mass is 9.98. The zero-order valence-corrected chi connectivity index (χ0v) is 16.2. The van der Waals surface area contributed by atoms with E-state index in [1.165, 1.54) is 17.9 Å². The molecule has 2 heterocycles. The van der Waals surface area contributed by atoms with Gasteiger partial charge >= 0.3 is 0 Å². The van der Waals surface area contributed by atoms with E-state index in [0.717, 1.165) is 54.7 Å². The maximum absolute atomic E-state index is 11.2. The minimum Gasteiger partial charge on any atom is -0.328 e. The molecule has 0 radical (unpaired) electrons. The van der Waals surface area contributed by atoms with Gasteiger partial charge in [0.15, 0.2) is 0 Å². The Morgan fingerprint density at radius 3 is 2.61 bits per heavy atom. The Morgan fingerprint density at radius 2 is 1.89 bits per heavy atom. The number of hydrogen-bond acceptors (Lipinski definition) is 4. The minimum absolute atomic E-state index is 0.0668. The zero-order valence-electron chi connectivity index (χ0n) is 16.2. The number of nitrogens with zero attached hydrogens (tertiary/aromatic N) is 2. The Hall–Kier alpha value is -2.76. The molecule has 0 unspecified atom stereocenters. The highest BCUT2D eigenvalue weighted by Crippen LogP contribution is 2.30. The van der Waals surface area contributed by atoms with Crippen molar-refractivity contribution in [1.82, 2.24) is 9.88 Å². The van der Waals surface area contributed by atoms with Crippen LogP contribution in [0.4, 0.5) is 5.69 Å². The van der Waals surface area contributed by atoms with Gasteiger partial charge in [-0.1, -0.05) is 24.3 Å². The number of carbonyl (C=O) groups is 1. The summed E-state index contributed by atoms with van der Waals surface area (Å²) in [5.74, 6) is -0.0668. The van der Waals surface area contributed by atoms with Crippen molar-refractivity contribution in [2.45, 2.75) is 32.4 Å². The Kier molecular flexibility index (Phi) is 5.37. The highest BCUT2D eigenvalue weighted by Gasteiger charge is 2.16. The van der Waals surface area contributed by atoms with Crippen LogP contribution in [-0.2, 0) is 11.3 Å². The predicted molar refractivity (Wildman–Crippen MR) is 114 cm³/mol. The number of hydrogen-bond donors (Lipinski definition) is 2. The molecule has 1 saturated heterocycles. The number of likely N-dealkylation sites (tertiary alicyclic amines) is 1. The first-order valence-corrected chi connectivity index (χ1v) is 9.81. The third-order valence-corrected chi connectivity index (χ3v) is 5.38. The topological polar surface area (TPSA) is 71.2 Å². The van der Waals surface area contributed by atoms with Gasteiger partial charge in [0.25, 0.3) is 0 Å². The van der Waals surface area contributed by atoms with Gasteiger partial charge in [0.2, 0.25) is 5.91 Å². The SMILES string of the molecule is CC(=O)Nc1ccc(-c2cncc3ccc(CN4CCC(N)CC4)cc23)cc1. The molecule has 5 heteroatoms. The number of nitrogens with two attached hydrogens (primary N) is 1. The highest BCUT2D eigenvalue weighted by atomic mass is 16.1. The van der Waals surface area contributed by atoms with Crippen molar-refractivity contribution in [3.05, 3.63) is 60.4 Å². The normalized spacial score (nSPS) is 15.6. The van der Waals surface area contributed by atoms with Crippen LogP contribution in [0.25, 0.3) is 21.9 Å². The van der Waals surface area contributed by atoms with Crippen molar-refractivity contribution in [2.75, 3.05) is 18.4 Å². The molecule has 3 N–H and O–H groups in total. The molecule has 0 aliphatic carbocycles. The molecule has 2 aromatic carbocycles. The fourth-order valence-corrected chi connectivity index (χ4v) is 3.84. The second kappa shape index (κ2) is 8.09. The van der Waals surface area contributed by atoms with Crippen molar-refractivity contribution >= 4 is 22.4 Å². The number of fused-ring (bicyclic) bond motifs is 1. The van der Waals surface area contributed by atoms with Crippen LogP contribution in [0.3, 0.4) is 0 Å². The van der Waals surface area contributed by atoms with Crippen LogP contribution in [-0.4, -0.2) is 34.9 Å². The molecule has 28 heavy (non-hydrogen) atoms. The average Bonchev–Trinajstić information content (AvgIpc) is 2.69. The molecule has 1 amide bonds. The highest BCUT2D eigenvalue weighted by molar-refractivity contribution is 5.96. The maximum atomic E-state index is 11.2. The van der Waals surface area contributed by atoms with Crippen LogP contribution in [0.1, 0.15) is 25.3 Å². The molecule has 0 saturated carbocycles. The third kappa shape index (κ3) is 4.21. The average molecular weight is 374 g/mol. The summed E-state index contributed by atoms with van der Waals surface area (Å²) in [5.41, 5.74) is 10.3. The van der Waals surface area contributed by atoms with E-state index in [-0.39, 0.29) is 5.91 Å². The van der Waals surface area contributed by atoms with E-state index in [4.69, 9.17) is 5.73 Å². The number of carbonyl (C=O) groups excluding carboxylic acids is 1. The van der Waals surface area contributed by atoms with Crippen molar-refractivity contribution in [1.29, 1.82) is 0 Å². The number of nitrogens with one attached hydrogen (secondary N) is 1.